The van der Waals surface area contributed by atoms with Crippen molar-refractivity contribution in [2.24, 2.45) is 0 Å². The van der Waals surface area contributed by atoms with Gasteiger partial charge in [-0.05, 0) is 37.0 Å². The van der Waals surface area contributed by atoms with Gasteiger partial charge in [0, 0.05) is 6.04 Å². The average Bonchev–Trinajstić information content (AvgIpc) is 2.44. The number of sulfone groups is 1. The molecule has 1 amide bonds. The van der Waals surface area contributed by atoms with Crippen LogP contribution in [0.1, 0.15) is 37.7 Å². The molecule has 0 aliphatic carbocycles. The first-order valence-electron chi connectivity index (χ1n) is 7.17. The van der Waals surface area contributed by atoms with Crippen LogP contribution >= 0.6 is 0 Å². The first kappa shape index (κ1) is 15.9. The molecule has 116 valence electrons. The second-order valence-electron chi connectivity index (χ2n) is 5.45. The molecule has 1 aliphatic heterocycles. The van der Waals surface area contributed by atoms with Gasteiger partial charge in [0.2, 0.25) is 5.91 Å². The van der Waals surface area contributed by atoms with Gasteiger partial charge in [-0.25, -0.2) is 12.8 Å². The van der Waals surface area contributed by atoms with Crippen LogP contribution in [0.4, 0.5) is 4.39 Å². The number of halogens is 1. The molecule has 1 N–H and O–H groups in total. The summed E-state index contributed by atoms with van der Waals surface area (Å²) in [6, 6.07) is 5.84. The van der Waals surface area contributed by atoms with Crippen LogP contribution in [-0.2, 0) is 14.6 Å². The molecule has 0 aromatic heterocycles. The van der Waals surface area contributed by atoms with E-state index in [-0.39, 0.29) is 35.2 Å². The Morgan fingerprint density at radius 2 is 1.86 bits per heavy atom. The summed E-state index contributed by atoms with van der Waals surface area (Å²) in [7, 11) is -2.93. The van der Waals surface area contributed by atoms with Crippen LogP contribution in [0.15, 0.2) is 24.3 Å². The van der Waals surface area contributed by atoms with Crippen molar-refractivity contribution < 1.29 is 17.6 Å². The normalized spacial score (nSPS) is 19.9. The standard InChI is InChI=1S/C15H20FNO3S/c1-2-14(11-3-5-12(16)6-4-11)15(18)17-13-7-9-21(19,20)10-8-13/h3-6,13-14H,2,7-10H2,1H3,(H,17,18)/t14-/m1/s1. The van der Waals surface area contributed by atoms with E-state index in [1.807, 2.05) is 6.92 Å². The monoisotopic (exact) mass is 313 g/mol. The highest BCUT2D eigenvalue weighted by atomic mass is 32.2. The van der Waals surface area contributed by atoms with Crippen molar-refractivity contribution >= 4 is 15.7 Å². The van der Waals surface area contributed by atoms with Crippen molar-refractivity contribution in [1.29, 1.82) is 0 Å². The first-order chi connectivity index (χ1) is 9.91. The van der Waals surface area contributed by atoms with Gasteiger partial charge >= 0.3 is 0 Å². The molecule has 0 bridgehead atoms. The zero-order chi connectivity index (χ0) is 15.5. The molecule has 1 aromatic carbocycles. The Balaban J connectivity index is 1.99. The van der Waals surface area contributed by atoms with Crippen LogP contribution in [-0.4, -0.2) is 31.9 Å². The lowest BCUT2D eigenvalue weighted by atomic mass is 9.95. The number of benzene rings is 1. The highest BCUT2D eigenvalue weighted by Gasteiger charge is 2.27. The number of rotatable bonds is 4. The zero-order valence-corrected chi connectivity index (χ0v) is 12.8. The van der Waals surface area contributed by atoms with E-state index >= 15 is 0 Å². The second kappa shape index (κ2) is 6.56. The summed E-state index contributed by atoms with van der Waals surface area (Å²) >= 11 is 0. The van der Waals surface area contributed by atoms with E-state index in [2.05, 4.69) is 5.32 Å². The predicted molar refractivity (Wildman–Crippen MR) is 79.3 cm³/mol. The van der Waals surface area contributed by atoms with Crippen molar-refractivity contribution in [3.63, 3.8) is 0 Å². The highest BCUT2D eigenvalue weighted by molar-refractivity contribution is 7.91. The molecule has 21 heavy (non-hydrogen) atoms. The fourth-order valence-electron chi connectivity index (χ4n) is 2.60. The van der Waals surface area contributed by atoms with Gasteiger partial charge in [-0.3, -0.25) is 4.79 Å². The molecule has 0 spiro atoms. The SMILES string of the molecule is CC[C@@H](C(=O)NC1CCS(=O)(=O)CC1)c1ccc(F)cc1. The zero-order valence-electron chi connectivity index (χ0n) is 12.0. The van der Waals surface area contributed by atoms with Gasteiger partial charge in [0.25, 0.3) is 0 Å². The summed E-state index contributed by atoms with van der Waals surface area (Å²) in [5, 5.41) is 2.92. The van der Waals surface area contributed by atoms with Crippen molar-refractivity contribution in [1.82, 2.24) is 5.32 Å². The van der Waals surface area contributed by atoms with Gasteiger partial charge in [0.05, 0.1) is 17.4 Å². The average molecular weight is 313 g/mol. The number of carbonyl (C=O) groups excluding carboxylic acids is 1. The van der Waals surface area contributed by atoms with Gasteiger partial charge in [-0.15, -0.1) is 0 Å². The van der Waals surface area contributed by atoms with Crippen LogP contribution in [0.5, 0.6) is 0 Å². The van der Waals surface area contributed by atoms with E-state index in [1.54, 1.807) is 12.1 Å². The molecule has 0 saturated carbocycles. The minimum absolute atomic E-state index is 0.0875. The van der Waals surface area contributed by atoms with Crippen LogP contribution in [0.2, 0.25) is 0 Å². The van der Waals surface area contributed by atoms with Gasteiger partial charge < -0.3 is 5.32 Å². The van der Waals surface area contributed by atoms with Crippen molar-refractivity contribution in [2.75, 3.05) is 11.5 Å². The summed E-state index contributed by atoms with van der Waals surface area (Å²) in [6.07, 6.45) is 1.55. The van der Waals surface area contributed by atoms with Crippen LogP contribution in [0, 0.1) is 5.82 Å². The van der Waals surface area contributed by atoms with E-state index < -0.39 is 9.84 Å². The van der Waals surface area contributed by atoms with Crippen LogP contribution in [0.3, 0.4) is 0 Å². The number of hydrogen-bond acceptors (Lipinski definition) is 3. The molecule has 0 radical (unpaired) electrons. The Hall–Kier alpha value is -1.43. The Morgan fingerprint density at radius 3 is 2.38 bits per heavy atom. The van der Waals surface area contributed by atoms with E-state index in [1.165, 1.54) is 12.1 Å². The maximum absolute atomic E-state index is 12.9. The summed E-state index contributed by atoms with van der Waals surface area (Å²) < 4.78 is 35.7. The molecule has 4 nitrogen and oxygen atoms in total. The second-order valence-corrected chi connectivity index (χ2v) is 7.75. The van der Waals surface area contributed by atoms with Crippen molar-refractivity contribution in [3.05, 3.63) is 35.6 Å². The van der Waals surface area contributed by atoms with E-state index in [0.29, 0.717) is 19.3 Å². The summed E-state index contributed by atoms with van der Waals surface area (Å²) in [6.45, 7) is 1.90. The minimum Gasteiger partial charge on any atom is -0.353 e. The smallest absolute Gasteiger partial charge is 0.227 e. The molecule has 0 unspecified atom stereocenters. The quantitative estimate of drug-likeness (QED) is 0.925. The molecular formula is C15H20FNO3S. The molecular weight excluding hydrogens is 293 g/mol. The predicted octanol–water partition coefficient (Wildman–Crippen LogP) is 2.01. The van der Waals surface area contributed by atoms with E-state index in [0.717, 1.165) is 5.56 Å². The maximum Gasteiger partial charge on any atom is 0.227 e. The van der Waals surface area contributed by atoms with E-state index in [4.69, 9.17) is 0 Å². The van der Waals surface area contributed by atoms with E-state index in [9.17, 15) is 17.6 Å². The van der Waals surface area contributed by atoms with Crippen molar-refractivity contribution in [3.8, 4) is 0 Å². The lowest BCUT2D eigenvalue weighted by Crippen LogP contribution is -2.42. The summed E-state index contributed by atoms with van der Waals surface area (Å²) in [5.74, 6) is -0.514. The van der Waals surface area contributed by atoms with Crippen molar-refractivity contribution in [2.45, 2.75) is 38.1 Å². The third-order valence-electron chi connectivity index (χ3n) is 3.90. The number of amides is 1. The Bertz CT molecular complexity index is 584. The molecule has 1 aromatic rings. The number of hydrogen-bond donors (Lipinski definition) is 1. The summed E-state index contributed by atoms with van der Waals surface area (Å²) in [5.41, 5.74) is 0.778. The fourth-order valence-corrected chi connectivity index (χ4v) is 4.10. The molecule has 1 saturated heterocycles. The lowest BCUT2D eigenvalue weighted by molar-refractivity contribution is -0.123. The Morgan fingerprint density at radius 1 is 1.29 bits per heavy atom. The molecule has 1 aliphatic rings. The third kappa shape index (κ3) is 4.27. The first-order valence-corrected chi connectivity index (χ1v) is 8.99. The van der Waals surface area contributed by atoms with Gasteiger partial charge in [0.1, 0.15) is 15.7 Å². The Labute approximate surface area is 124 Å². The van der Waals surface area contributed by atoms with Gasteiger partial charge in [-0.1, -0.05) is 19.1 Å². The topological polar surface area (TPSA) is 63.2 Å². The lowest BCUT2D eigenvalue weighted by Gasteiger charge is -2.25. The summed E-state index contributed by atoms with van der Waals surface area (Å²) in [4.78, 5) is 12.3. The molecule has 1 fully saturated rings. The molecule has 2 rings (SSSR count). The van der Waals surface area contributed by atoms with Gasteiger partial charge in [-0.2, -0.15) is 0 Å². The largest absolute Gasteiger partial charge is 0.353 e. The van der Waals surface area contributed by atoms with Gasteiger partial charge in [0.15, 0.2) is 0 Å². The maximum atomic E-state index is 12.9. The molecule has 1 heterocycles. The number of carbonyl (C=O) groups is 1. The number of nitrogens with one attached hydrogen (secondary N) is 1. The third-order valence-corrected chi connectivity index (χ3v) is 5.61. The van der Waals surface area contributed by atoms with Crippen LogP contribution < -0.4 is 5.32 Å². The molecule has 6 heteroatoms. The van der Waals surface area contributed by atoms with Crippen LogP contribution in [0.25, 0.3) is 0 Å². The highest BCUT2D eigenvalue weighted by Crippen LogP contribution is 2.21. The Kier molecular flexibility index (Phi) is 4.98. The fraction of sp³-hybridized carbons (Fsp3) is 0.533. The molecule has 1 atom stereocenters. The minimum atomic E-state index is -2.93.